The summed E-state index contributed by atoms with van der Waals surface area (Å²) in [5.74, 6) is -0.429. The number of benzene rings is 1. The number of hydrogen-bond donors (Lipinski definition) is 0. The van der Waals surface area contributed by atoms with Gasteiger partial charge in [-0.1, -0.05) is 30.0 Å². The van der Waals surface area contributed by atoms with E-state index < -0.39 is 6.36 Å². The monoisotopic (exact) mass is 441 g/mol. The number of fused-ring (bicyclic) bond motifs is 1. The maximum absolute atomic E-state index is 12.6. The van der Waals surface area contributed by atoms with Gasteiger partial charge in [-0.3, -0.25) is 4.79 Å². The zero-order chi connectivity index (χ0) is 21.2. The van der Waals surface area contributed by atoms with Gasteiger partial charge in [-0.15, -0.1) is 24.5 Å². The summed E-state index contributed by atoms with van der Waals surface area (Å²) in [4.78, 5) is 24.5. The molecule has 1 aromatic carbocycles. The van der Waals surface area contributed by atoms with Gasteiger partial charge in [0.1, 0.15) is 21.9 Å². The number of rotatable bonds is 6. The van der Waals surface area contributed by atoms with Crippen LogP contribution in [0.4, 0.5) is 13.2 Å². The first kappa shape index (κ1) is 21.4. The van der Waals surface area contributed by atoms with E-state index in [0.29, 0.717) is 0 Å². The standard InChI is InChI=1S/C19H18F3N3O2S2/c1-11-12(2)29-18-16(11)17(23-10-24-18)28-9-15(26)25(3)8-13-6-4-5-7-14(13)27-19(20,21)22/h4-7,10H,8-9H2,1-3H3. The van der Waals surface area contributed by atoms with Gasteiger partial charge in [0.05, 0.1) is 5.75 Å². The Morgan fingerprint density at radius 3 is 2.69 bits per heavy atom. The highest BCUT2D eigenvalue weighted by molar-refractivity contribution is 8.00. The number of carbonyl (C=O) groups is 1. The highest BCUT2D eigenvalue weighted by Crippen LogP contribution is 2.34. The average molecular weight is 442 g/mol. The molecule has 5 nitrogen and oxygen atoms in total. The van der Waals surface area contributed by atoms with Gasteiger partial charge in [-0.05, 0) is 25.5 Å². The number of ether oxygens (including phenoxy) is 1. The number of hydrogen-bond acceptors (Lipinski definition) is 6. The van der Waals surface area contributed by atoms with Gasteiger partial charge >= 0.3 is 6.36 Å². The van der Waals surface area contributed by atoms with Crippen LogP contribution in [0.25, 0.3) is 10.2 Å². The summed E-state index contributed by atoms with van der Waals surface area (Å²) < 4.78 is 41.8. The van der Waals surface area contributed by atoms with Gasteiger partial charge in [0.2, 0.25) is 5.91 Å². The third-order valence-corrected chi connectivity index (χ3v) is 6.38. The number of amides is 1. The third-order valence-electron chi connectivity index (χ3n) is 4.29. The van der Waals surface area contributed by atoms with Crippen molar-refractivity contribution in [1.82, 2.24) is 14.9 Å². The van der Waals surface area contributed by atoms with E-state index in [2.05, 4.69) is 14.7 Å². The van der Waals surface area contributed by atoms with Crippen LogP contribution < -0.4 is 4.74 Å². The molecular weight excluding hydrogens is 423 g/mol. The fourth-order valence-electron chi connectivity index (χ4n) is 2.70. The molecule has 1 amide bonds. The van der Waals surface area contributed by atoms with E-state index in [1.807, 2.05) is 13.8 Å². The fourth-order valence-corrected chi connectivity index (χ4v) is 4.76. The van der Waals surface area contributed by atoms with Crippen LogP contribution in [0, 0.1) is 13.8 Å². The van der Waals surface area contributed by atoms with Crippen molar-refractivity contribution in [3.8, 4) is 5.75 Å². The van der Waals surface area contributed by atoms with Gasteiger partial charge in [-0.2, -0.15) is 0 Å². The van der Waals surface area contributed by atoms with E-state index in [4.69, 9.17) is 0 Å². The molecule has 0 radical (unpaired) electrons. The van der Waals surface area contributed by atoms with E-state index in [0.717, 1.165) is 25.7 Å². The summed E-state index contributed by atoms with van der Waals surface area (Å²) in [5.41, 5.74) is 1.37. The molecule has 0 aliphatic rings. The Balaban J connectivity index is 1.68. The number of para-hydroxylation sites is 1. The van der Waals surface area contributed by atoms with Crippen molar-refractivity contribution >= 4 is 39.2 Å². The van der Waals surface area contributed by atoms with Crippen molar-refractivity contribution < 1.29 is 22.7 Å². The SMILES string of the molecule is Cc1sc2ncnc(SCC(=O)N(C)Cc3ccccc3OC(F)(F)F)c2c1C. The summed E-state index contributed by atoms with van der Waals surface area (Å²) in [6, 6.07) is 5.79. The van der Waals surface area contributed by atoms with Crippen LogP contribution in [0.3, 0.4) is 0 Å². The van der Waals surface area contributed by atoms with Gasteiger partial charge in [0.15, 0.2) is 0 Å². The van der Waals surface area contributed by atoms with Crippen molar-refractivity contribution in [2.45, 2.75) is 31.8 Å². The molecule has 0 N–H and O–H groups in total. The predicted octanol–water partition coefficient (Wildman–Crippen LogP) is 4.96. The van der Waals surface area contributed by atoms with E-state index in [9.17, 15) is 18.0 Å². The van der Waals surface area contributed by atoms with E-state index >= 15 is 0 Å². The Hall–Kier alpha value is -2.33. The van der Waals surface area contributed by atoms with Crippen LogP contribution >= 0.6 is 23.1 Å². The number of halogens is 3. The summed E-state index contributed by atoms with van der Waals surface area (Å²) in [5, 5.41) is 1.67. The van der Waals surface area contributed by atoms with Crippen LogP contribution in [0.5, 0.6) is 5.75 Å². The van der Waals surface area contributed by atoms with Gasteiger partial charge in [-0.25, -0.2) is 9.97 Å². The molecule has 0 bridgehead atoms. The lowest BCUT2D eigenvalue weighted by molar-refractivity contribution is -0.275. The molecule has 2 heterocycles. The number of thiophene rings is 1. The summed E-state index contributed by atoms with van der Waals surface area (Å²) in [6.07, 6.45) is -3.32. The Morgan fingerprint density at radius 1 is 1.24 bits per heavy atom. The first-order valence-corrected chi connectivity index (χ1v) is 10.4. The Labute approximate surface area is 173 Å². The van der Waals surface area contributed by atoms with Crippen LogP contribution in [0.1, 0.15) is 16.0 Å². The van der Waals surface area contributed by atoms with Crippen LogP contribution in [0.15, 0.2) is 35.6 Å². The fraction of sp³-hybridized carbons (Fsp3) is 0.316. The number of carbonyl (C=O) groups excluding carboxylic acids is 1. The smallest absolute Gasteiger partial charge is 0.405 e. The number of alkyl halides is 3. The maximum atomic E-state index is 12.6. The van der Waals surface area contributed by atoms with Crippen molar-refractivity contribution in [2.75, 3.05) is 12.8 Å². The predicted molar refractivity (Wildman–Crippen MR) is 107 cm³/mol. The maximum Gasteiger partial charge on any atom is 0.573 e. The lowest BCUT2D eigenvalue weighted by Crippen LogP contribution is -2.28. The molecule has 0 spiro atoms. The number of aryl methyl sites for hydroxylation is 2. The van der Waals surface area contributed by atoms with E-state index in [1.165, 1.54) is 41.2 Å². The lowest BCUT2D eigenvalue weighted by Gasteiger charge is -2.19. The highest BCUT2D eigenvalue weighted by Gasteiger charge is 2.32. The van der Waals surface area contributed by atoms with Gasteiger partial charge in [0.25, 0.3) is 0 Å². The molecular formula is C19H18F3N3O2S2. The molecule has 0 fully saturated rings. The first-order valence-electron chi connectivity index (χ1n) is 8.57. The average Bonchev–Trinajstić information content (AvgIpc) is 2.94. The molecule has 0 aliphatic carbocycles. The molecule has 3 rings (SSSR count). The number of aromatic nitrogens is 2. The first-order chi connectivity index (χ1) is 13.7. The largest absolute Gasteiger partial charge is 0.573 e. The zero-order valence-corrected chi connectivity index (χ0v) is 17.5. The van der Waals surface area contributed by atoms with E-state index in [-0.39, 0.29) is 29.5 Å². The summed E-state index contributed by atoms with van der Waals surface area (Å²) in [6.45, 7) is 4.00. The van der Waals surface area contributed by atoms with E-state index in [1.54, 1.807) is 24.5 Å². The molecule has 0 saturated carbocycles. The number of nitrogens with zero attached hydrogens (tertiary/aromatic N) is 3. The van der Waals surface area contributed by atoms with Crippen molar-refractivity contribution in [1.29, 1.82) is 0 Å². The summed E-state index contributed by atoms with van der Waals surface area (Å²) >= 11 is 2.87. The molecule has 0 atom stereocenters. The Bertz CT molecular complexity index is 1040. The Kier molecular flexibility index (Phi) is 6.33. The van der Waals surface area contributed by atoms with Gasteiger partial charge in [0, 0.05) is 29.4 Å². The van der Waals surface area contributed by atoms with Crippen LogP contribution in [-0.4, -0.2) is 39.9 Å². The second kappa shape index (κ2) is 8.58. The minimum atomic E-state index is -4.79. The minimum Gasteiger partial charge on any atom is -0.405 e. The normalized spacial score (nSPS) is 11.7. The molecule has 0 aliphatic heterocycles. The third kappa shape index (κ3) is 5.18. The van der Waals surface area contributed by atoms with Crippen LogP contribution in [0.2, 0.25) is 0 Å². The molecule has 0 unspecified atom stereocenters. The van der Waals surface area contributed by atoms with Gasteiger partial charge < -0.3 is 9.64 Å². The molecule has 10 heteroatoms. The van der Waals surface area contributed by atoms with Crippen molar-refractivity contribution in [2.24, 2.45) is 0 Å². The topological polar surface area (TPSA) is 55.3 Å². The number of thioether (sulfide) groups is 1. The molecule has 29 heavy (non-hydrogen) atoms. The van der Waals surface area contributed by atoms with Crippen LogP contribution in [-0.2, 0) is 11.3 Å². The van der Waals surface area contributed by atoms with Crippen molar-refractivity contribution in [3.05, 3.63) is 46.6 Å². The molecule has 3 aromatic rings. The quantitative estimate of drug-likeness (QED) is 0.400. The molecule has 2 aromatic heterocycles. The molecule has 0 saturated heterocycles. The zero-order valence-electron chi connectivity index (χ0n) is 15.9. The van der Waals surface area contributed by atoms with Crippen molar-refractivity contribution in [3.63, 3.8) is 0 Å². The summed E-state index contributed by atoms with van der Waals surface area (Å²) in [7, 11) is 1.54. The second-order valence-corrected chi connectivity index (χ2v) is 8.50. The second-order valence-electron chi connectivity index (χ2n) is 6.34. The minimum absolute atomic E-state index is 0.00141. The lowest BCUT2D eigenvalue weighted by atomic mass is 10.2. The Morgan fingerprint density at radius 2 is 1.97 bits per heavy atom. The highest BCUT2D eigenvalue weighted by atomic mass is 32.2. The molecule has 154 valence electrons.